The third kappa shape index (κ3) is 3.98. The van der Waals surface area contributed by atoms with Crippen LogP contribution >= 0.6 is 11.6 Å². The third-order valence-corrected chi connectivity index (χ3v) is 5.16. The van der Waals surface area contributed by atoms with Gasteiger partial charge in [-0.3, -0.25) is 9.69 Å². The number of piperazine rings is 1. The lowest BCUT2D eigenvalue weighted by Gasteiger charge is -2.34. The summed E-state index contributed by atoms with van der Waals surface area (Å²) in [5, 5.41) is 9.93. The topological polar surface area (TPSA) is 72.5 Å². The minimum Gasteiger partial charge on any atom is -0.388 e. The zero-order valence-corrected chi connectivity index (χ0v) is 15.6. The van der Waals surface area contributed by atoms with Crippen LogP contribution in [0.15, 0.2) is 42.5 Å². The monoisotopic (exact) mass is 384 g/mol. The molecule has 2 aromatic carbocycles. The lowest BCUT2D eigenvalue weighted by Crippen LogP contribution is -2.48. The summed E-state index contributed by atoms with van der Waals surface area (Å²) < 4.78 is 0. The molecule has 1 aliphatic heterocycles. The molecular weight excluding hydrogens is 364 g/mol. The Labute approximate surface area is 162 Å². The van der Waals surface area contributed by atoms with Crippen LogP contribution in [0.25, 0.3) is 11.0 Å². The predicted octanol–water partition coefficient (Wildman–Crippen LogP) is 2.67. The Hall–Kier alpha value is -2.41. The highest BCUT2D eigenvalue weighted by molar-refractivity contribution is 6.30. The normalized spacial score (nSPS) is 15.4. The van der Waals surface area contributed by atoms with E-state index < -0.39 is 0 Å². The molecule has 0 aliphatic carbocycles. The maximum atomic E-state index is 12.8. The minimum atomic E-state index is -0.145. The van der Waals surface area contributed by atoms with Crippen molar-refractivity contribution >= 4 is 28.5 Å². The maximum Gasteiger partial charge on any atom is 0.254 e. The Kier molecular flexibility index (Phi) is 5.11. The van der Waals surface area contributed by atoms with E-state index in [1.165, 1.54) is 5.56 Å². The lowest BCUT2D eigenvalue weighted by molar-refractivity contribution is 0.0628. The van der Waals surface area contributed by atoms with Crippen molar-refractivity contribution in [1.82, 2.24) is 19.8 Å². The number of aliphatic hydroxyl groups is 1. The van der Waals surface area contributed by atoms with Gasteiger partial charge in [0.2, 0.25) is 0 Å². The van der Waals surface area contributed by atoms with E-state index in [1.54, 1.807) is 6.07 Å². The summed E-state index contributed by atoms with van der Waals surface area (Å²) in [5.74, 6) is 0.536. The molecule has 2 N–H and O–H groups in total. The summed E-state index contributed by atoms with van der Waals surface area (Å²) in [6.07, 6.45) is 0. The summed E-state index contributed by atoms with van der Waals surface area (Å²) in [4.78, 5) is 24.4. The quantitative estimate of drug-likeness (QED) is 0.725. The second kappa shape index (κ2) is 7.68. The van der Waals surface area contributed by atoms with Gasteiger partial charge in [-0.15, -0.1) is 0 Å². The Morgan fingerprint density at radius 2 is 1.85 bits per heavy atom. The molecule has 7 heteroatoms. The molecule has 6 nitrogen and oxygen atoms in total. The highest BCUT2D eigenvalue weighted by Crippen LogP contribution is 2.17. The molecule has 0 unspecified atom stereocenters. The fraction of sp³-hybridized carbons (Fsp3) is 0.300. The average molecular weight is 385 g/mol. The van der Waals surface area contributed by atoms with E-state index >= 15 is 0 Å². The maximum absolute atomic E-state index is 12.8. The summed E-state index contributed by atoms with van der Waals surface area (Å²) in [6.45, 7) is 3.81. The standard InChI is InChI=1S/C20H21ClN4O2/c21-16-4-1-14(2-5-16)12-24-7-9-25(10-8-24)20(27)15-3-6-17-18(11-15)23-19(13-26)22-17/h1-6,11,26H,7-10,12-13H2,(H,22,23). The van der Waals surface area contributed by atoms with Gasteiger partial charge in [0.1, 0.15) is 12.4 Å². The van der Waals surface area contributed by atoms with Crippen molar-refractivity contribution in [3.05, 3.63) is 64.4 Å². The zero-order chi connectivity index (χ0) is 18.8. The van der Waals surface area contributed by atoms with Gasteiger partial charge in [-0.1, -0.05) is 23.7 Å². The number of aromatic nitrogens is 2. The fourth-order valence-corrected chi connectivity index (χ4v) is 3.54. The predicted molar refractivity (Wildman–Crippen MR) is 105 cm³/mol. The van der Waals surface area contributed by atoms with Crippen LogP contribution in [0.4, 0.5) is 0 Å². The molecule has 0 atom stereocenters. The van der Waals surface area contributed by atoms with E-state index in [0.29, 0.717) is 24.5 Å². The second-order valence-electron chi connectivity index (χ2n) is 6.77. The Morgan fingerprint density at radius 3 is 2.56 bits per heavy atom. The first-order chi connectivity index (χ1) is 13.1. The van der Waals surface area contributed by atoms with E-state index in [4.69, 9.17) is 11.6 Å². The van der Waals surface area contributed by atoms with Crippen LogP contribution in [0.5, 0.6) is 0 Å². The molecule has 0 saturated carbocycles. The smallest absolute Gasteiger partial charge is 0.254 e. The largest absolute Gasteiger partial charge is 0.388 e. The molecule has 140 valence electrons. The van der Waals surface area contributed by atoms with Crippen LogP contribution in [-0.4, -0.2) is 57.0 Å². The number of aromatic amines is 1. The fourth-order valence-electron chi connectivity index (χ4n) is 3.41. The van der Waals surface area contributed by atoms with Gasteiger partial charge in [0, 0.05) is 43.3 Å². The van der Waals surface area contributed by atoms with E-state index in [-0.39, 0.29) is 12.5 Å². The third-order valence-electron chi connectivity index (χ3n) is 4.91. The lowest BCUT2D eigenvalue weighted by atomic mass is 10.1. The summed E-state index contributed by atoms with van der Waals surface area (Å²) in [5.41, 5.74) is 3.39. The average Bonchev–Trinajstić information content (AvgIpc) is 3.12. The molecule has 0 radical (unpaired) electrons. The summed E-state index contributed by atoms with van der Waals surface area (Å²) in [6, 6.07) is 13.3. The van der Waals surface area contributed by atoms with E-state index in [1.807, 2.05) is 41.3 Å². The van der Waals surface area contributed by atoms with Crippen LogP contribution in [0.3, 0.4) is 0 Å². The number of H-pyrrole nitrogens is 1. The molecule has 4 rings (SSSR count). The summed E-state index contributed by atoms with van der Waals surface area (Å²) in [7, 11) is 0. The molecule has 0 spiro atoms. The number of hydrogen-bond donors (Lipinski definition) is 2. The molecule has 1 amide bonds. The Bertz CT molecular complexity index is 946. The van der Waals surface area contributed by atoms with Crippen molar-refractivity contribution in [2.75, 3.05) is 26.2 Å². The van der Waals surface area contributed by atoms with Crippen LogP contribution in [0.1, 0.15) is 21.7 Å². The number of halogens is 1. The molecule has 0 bridgehead atoms. The number of carbonyl (C=O) groups is 1. The molecule has 1 fully saturated rings. The van der Waals surface area contributed by atoms with Crippen molar-refractivity contribution in [2.45, 2.75) is 13.2 Å². The number of rotatable bonds is 4. The molecule has 1 aromatic heterocycles. The van der Waals surface area contributed by atoms with Crippen molar-refractivity contribution in [3.63, 3.8) is 0 Å². The second-order valence-corrected chi connectivity index (χ2v) is 7.20. The molecular formula is C20H21ClN4O2. The number of imidazole rings is 1. The van der Waals surface area contributed by atoms with E-state index in [2.05, 4.69) is 14.9 Å². The first kappa shape index (κ1) is 18.0. The highest BCUT2D eigenvalue weighted by atomic mass is 35.5. The van der Waals surface area contributed by atoms with Gasteiger partial charge in [0.15, 0.2) is 0 Å². The van der Waals surface area contributed by atoms with Crippen molar-refractivity contribution in [2.24, 2.45) is 0 Å². The SMILES string of the molecule is O=C(c1ccc2nc(CO)[nH]c2c1)N1CCN(Cc2ccc(Cl)cc2)CC1. The summed E-state index contributed by atoms with van der Waals surface area (Å²) >= 11 is 5.94. The Balaban J connectivity index is 1.38. The minimum absolute atomic E-state index is 0.0307. The highest BCUT2D eigenvalue weighted by Gasteiger charge is 2.22. The van der Waals surface area contributed by atoms with E-state index in [9.17, 15) is 9.90 Å². The number of benzene rings is 2. The van der Waals surface area contributed by atoms with Gasteiger partial charge < -0.3 is 15.0 Å². The molecule has 3 aromatic rings. The zero-order valence-electron chi connectivity index (χ0n) is 14.9. The number of nitrogens with zero attached hydrogens (tertiary/aromatic N) is 3. The van der Waals surface area contributed by atoms with Gasteiger partial charge in [0.05, 0.1) is 11.0 Å². The molecule has 2 heterocycles. The number of carbonyl (C=O) groups excluding carboxylic acids is 1. The van der Waals surface area contributed by atoms with Gasteiger partial charge in [0.25, 0.3) is 5.91 Å². The molecule has 1 saturated heterocycles. The number of fused-ring (bicyclic) bond motifs is 1. The van der Waals surface area contributed by atoms with E-state index in [0.717, 1.165) is 35.7 Å². The van der Waals surface area contributed by atoms with Crippen molar-refractivity contribution < 1.29 is 9.90 Å². The van der Waals surface area contributed by atoms with Gasteiger partial charge >= 0.3 is 0 Å². The first-order valence-electron chi connectivity index (χ1n) is 8.98. The van der Waals surface area contributed by atoms with Gasteiger partial charge in [-0.25, -0.2) is 4.98 Å². The Morgan fingerprint density at radius 1 is 1.11 bits per heavy atom. The number of aliphatic hydroxyl groups excluding tert-OH is 1. The van der Waals surface area contributed by atoms with Crippen LogP contribution < -0.4 is 0 Å². The van der Waals surface area contributed by atoms with Gasteiger partial charge in [-0.2, -0.15) is 0 Å². The first-order valence-corrected chi connectivity index (χ1v) is 9.36. The number of hydrogen-bond acceptors (Lipinski definition) is 4. The van der Waals surface area contributed by atoms with Crippen LogP contribution in [0, 0.1) is 0 Å². The van der Waals surface area contributed by atoms with Crippen LogP contribution in [0.2, 0.25) is 5.02 Å². The van der Waals surface area contributed by atoms with Crippen molar-refractivity contribution in [1.29, 1.82) is 0 Å². The van der Waals surface area contributed by atoms with Crippen LogP contribution in [-0.2, 0) is 13.2 Å². The molecule has 27 heavy (non-hydrogen) atoms. The number of nitrogens with one attached hydrogen (secondary N) is 1. The van der Waals surface area contributed by atoms with Crippen molar-refractivity contribution in [3.8, 4) is 0 Å². The van der Waals surface area contributed by atoms with Gasteiger partial charge in [-0.05, 0) is 35.9 Å². The number of amides is 1. The molecule has 1 aliphatic rings.